The number of carbonyl (C=O) groups is 1. The molecule has 0 saturated heterocycles. The van der Waals surface area contributed by atoms with E-state index in [0.29, 0.717) is 0 Å². The standard InChI is InChI=1S/C21H18N2O/c1-15-19(24)12-18(16-8-4-2-5-9-16)21(13-22,14-23)20(15)17-10-6-3-7-11-17/h2-11,15,18,20H,12H2,1H3. The Hall–Kier alpha value is -2.91. The predicted octanol–water partition coefficient (Wildman–Crippen LogP) is 4.20. The number of nitrogens with zero attached hydrogens (tertiary/aromatic N) is 2. The van der Waals surface area contributed by atoms with Crippen LogP contribution < -0.4 is 0 Å². The molecule has 3 nitrogen and oxygen atoms in total. The summed E-state index contributed by atoms with van der Waals surface area (Å²) in [5, 5.41) is 20.1. The van der Waals surface area contributed by atoms with E-state index in [4.69, 9.17) is 0 Å². The molecule has 1 saturated carbocycles. The summed E-state index contributed by atoms with van der Waals surface area (Å²) in [6, 6.07) is 23.6. The molecule has 1 aliphatic rings. The molecule has 3 atom stereocenters. The number of ketones is 1. The lowest BCUT2D eigenvalue weighted by atomic mass is 9.54. The minimum atomic E-state index is -1.25. The number of rotatable bonds is 2. The van der Waals surface area contributed by atoms with Crippen LogP contribution in [-0.4, -0.2) is 5.78 Å². The Kier molecular flexibility index (Phi) is 4.19. The highest BCUT2D eigenvalue weighted by Crippen LogP contribution is 2.55. The van der Waals surface area contributed by atoms with Crippen LogP contribution in [0.1, 0.15) is 36.3 Å². The summed E-state index contributed by atoms with van der Waals surface area (Å²) in [5.41, 5.74) is 0.500. The molecule has 0 spiro atoms. The molecule has 0 N–H and O–H groups in total. The molecule has 2 aromatic carbocycles. The van der Waals surface area contributed by atoms with E-state index in [-0.39, 0.29) is 18.1 Å². The van der Waals surface area contributed by atoms with Crippen molar-refractivity contribution in [1.29, 1.82) is 10.5 Å². The van der Waals surface area contributed by atoms with Crippen LogP contribution >= 0.6 is 0 Å². The highest BCUT2D eigenvalue weighted by Gasteiger charge is 2.55. The Bertz CT molecular complexity index is 800. The van der Waals surface area contributed by atoms with Gasteiger partial charge in [0.05, 0.1) is 12.1 Å². The van der Waals surface area contributed by atoms with Gasteiger partial charge in [0.1, 0.15) is 5.78 Å². The Morgan fingerprint density at radius 2 is 1.42 bits per heavy atom. The van der Waals surface area contributed by atoms with E-state index < -0.39 is 17.3 Å². The third kappa shape index (κ3) is 2.39. The number of Topliss-reactive ketones (excluding diaryl/α,β-unsaturated/α-hetero) is 1. The summed E-state index contributed by atoms with van der Waals surface area (Å²) >= 11 is 0. The van der Waals surface area contributed by atoms with Crippen molar-refractivity contribution in [2.45, 2.75) is 25.2 Å². The molecule has 0 aromatic heterocycles. The van der Waals surface area contributed by atoms with Gasteiger partial charge in [0, 0.05) is 24.2 Å². The molecule has 3 heteroatoms. The van der Waals surface area contributed by atoms with Gasteiger partial charge in [0.15, 0.2) is 5.41 Å². The average molecular weight is 314 g/mol. The summed E-state index contributed by atoms with van der Waals surface area (Å²) in [6.45, 7) is 1.84. The highest BCUT2D eigenvalue weighted by molar-refractivity contribution is 5.85. The molecule has 1 fully saturated rings. The smallest absolute Gasteiger partial charge is 0.158 e. The zero-order valence-electron chi connectivity index (χ0n) is 13.5. The van der Waals surface area contributed by atoms with Crippen LogP contribution in [0.15, 0.2) is 60.7 Å². The Morgan fingerprint density at radius 3 is 1.92 bits per heavy atom. The van der Waals surface area contributed by atoms with E-state index in [1.807, 2.05) is 67.6 Å². The molecule has 0 heterocycles. The maximum atomic E-state index is 12.7. The van der Waals surface area contributed by atoms with E-state index in [1.54, 1.807) is 0 Å². The monoisotopic (exact) mass is 314 g/mol. The predicted molar refractivity (Wildman–Crippen MR) is 90.8 cm³/mol. The van der Waals surface area contributed by atoms with Crippen LogP contribution in [0.3, 0.4) is 0 Å². The van der Waals surface area contributed by atoms with Crippen LogP contribution in [0.2, 0.25) is 0 Å². The van der Waals surface area contributed by atoms with Crippen LogP contribution in [-0.2, 0) is 4.79 Å². The normalized spacial score (nSPS) is 25.5. The van der Waals surface area contributed by atoms with Gasteiger partial charge in [-0.05, 0) is 11.1 Å². The van der Waals surface area contributed by atoms with E-state index in [1.165, 1.54) is 0 Å². The fourth-order valence-electron chi connectivity index (χ4n) is 3.94. The first kappa shape index (κ1) is 16.0. The summed E-state index contributed by atoms with van der Waals surface area (Å²) < 4.78 is 0. The van der Waals surface area contributed by atoms with Gasteiger partial charge in [-0.15, -0.1) is 0 Å². The van der Waals surface area contributed by atoms with Gasteiger partial charge in [-0.3, -0.25) is 4.79 Å². The van der Waals surface area contributed by atoms with Gasteiger partial charge in [0.2, 0.25) is 0 Å². The molecule has 0 bridgehead atoms. The quantitative estimate of drug-likeness (QED) is 0.834. The van der Waals surface area contributed by atoms with Crippen LogP contribution in [0.4, 0.5) is 0 Å². The van der Waals surface area contributed by atoms with E-state index >= 15 is 0 Å². The maximum absolute atomic E-state index is 12.7. The van der Waals surface area contributed by atoms with Gasteiger partial charge < -0.3 is 0 Å². The Balaban J connectivity index is 2.21. The van der Waals surface area contributed by atoms with Crippen molar-refractivity contribution in [3.8, 4) is 12.1 Å². The first-order valence-corrected chi connectivity index (χ1v) is 8.09. The lowest BCUT2D eigenvalue weighted by Gasteiger charge is -2.43. The number of hydrogen-bond donors (Lipinski definition) is 0. The number of hydrogen-bond acceptors (Lipinski definition) is 3. The summed E-state index contributed by atoms with van der Waals surface area (Å²) in [6.07, 6.45) is 0.232. The topological polar surface area (TPSA) is 64.7 Å². The van der Waals surface area contributed by atoms with Crippen molar-refractivity contribution in [2.24, 2.45) is 11.3 Å². The number of carbonyl (C=O) groups excluding carboxylic acids is 1. The molecule has 0 amide bonds. The van der Waals surface area contributed by atoms with Crippen molar-refractivity contribution in [2.75, 3.05) is 0 Å². The van der Waals surface area contributed by atoms with E-state index in [0.717, 1.165) is 11.1 Å². The first-order valence-electron chi connectivity index (χ1n) is 8.09. The fourth-order valence-corrected chi connectivity index (χ4v) is 3.94. The van der Waals surface area contributed by atoms with Crippen molar-refractivity contribution < 1.29 is 4.79 Å². The Labute approximate surface area is 142 Å². The first-order chi connectivity index (χ1) is 11.6. The largest absolute Gasteiger partial charge is 0.299 e. The van der Waals surface area contributed by atoms with Gasteiger partial charge in [0.25, 0.3) is 0 Å². The number of benzene rings is 2. The van der Waals surface area contributed by atoms with Crippen molar-refractivity contribution >= 4 is 5.78 Å². The maximum Gasteiger partial charge on any atom is 0.158 e. The number of nitriles is 2. The van der Waals surface area contributed by atoms with Crippen molar-refractivity contribution in [1.82, 2.24) is 0 Å². The lowest BCUT2D eigenvalue weighted by Crippen LogP contribution is -2.44. The fraction of sp³-hybridized carbons (Fsp3) is 0.286. The third-order valence-electron chi connectivity index (χ3n) is 5.18. The summed E-state index contributed by atoms with van der Waals surface area (Å²) in [5.74, 6) is -1.09. The molecule has 0 radical (unpaired) electrons. The van der Waals surface area contributed by atoms with Gasteiger partial charge in [-0.25, -0.2) is 0 Å². The van der Waals surface area contributed by atoms with Gasteiger partial charge >= 0.3 is 0 Å². The summed E-state index contributed by atoms with van der Waals surface area (Å²) in [7, 11) is 0. The molecular weight excluding hydrogens is 296 g/mol. The summed E-state index contributed by atoms with van der Waals surface area (Å²) in [4.78, 5) is 12.7. The van der Waals surface area contributed by atoms with Crippen LogP contribution in [0.25, 0.3) is 0 Å². The van der Waals surface area contributed by atoms with Crippen LogP contribution in [0, 0.1) is 34.0 Å². The molecule has 3 rings (SSSR count). The molecular formula is C21H18N2O. The second kappa shape index (κ2) is 6.30. The minimum absolute atomic E-state index is 0.110. The highest BCUT2D eigenvalue weighted by atomic mass is 16.1. The molecule has 24 heavy (non-hydrogen) atoms. The van der Waals surface area contributed by atoms with Crippen LogP contribution in [0.5, 0.6) is 0 Å². The minimum Gasteiger partial charge on any atom is -0.299 e. The Morgan fingerprint density at radius 1 is 0.917 bits per heavy atom. The zero-order chi connectivity index (χ0) is 17.2. The SMILES string of the molecule is CC1C(=O)CC(c2ccccc2)C(C#N)(C#N)C1c1ccccc1. The molecule has 1 aliphatic carbocycles. The van der Waals surface area contributed by atoms with Crippen molar-refractivity contribution in [3.63, 3.8) is 0 Å². The molecule has 3 unspecified atom stereocenters. The zero-order valence-corrected chi connectivity index (χ0v) is 13.5. The van der Waals surface area contributed by atoms with Gasteiger partial charge in [-0.1, -0.05) is 67.6 Å². The second-order valence-electron chi connectivity index (χ2n) is 6.40. The van der Waals surface area contributed by atoms with E-state index in [2.05, 4.69) is 12.1 Å². The van der Waals surface area contributed by atoms with Gasteiger partial charge in [-0.2, -0.15) is 10.5 Å². The molecule has 2 aromatic rings. The molecule has 0 aliphatic heterocycles. The van der Waals surface area contributed by atoms with E-state index in [9.17, 15) is 15.3 Å². The second-order valence-corrected chi connectivity index (χ2v) is 6.40. The molecule has 118 valence electrons. The third-order valence-corrected chi connectivity index (χ3v) is 5.18. The average Bonchev–Trinajstić information content (AvgIpc) is 2.65. The lowest BCUT2D eigenvalue weighted by molar-refractivity contribution is -0.127. The van der Waals surface area contributed by atoms with Crippen molar-refractivity contribution in [3.05, 3.63) is 71.8 Å².